The summed E-state index contributed by atoms with van der Waals surface area (Å²) < 4.78 is 63.6. The second-order valence-electron chi connectivity index (χ2n) is 13.3. The number of alkyl carbamates (subject to hydrolysis) is 1. The largest absolute Gasteiger partial charge is 0.495 e. The van der Waals surface area contributed by atoms with Crippen LogP contribution in [0.3, 0.4) is 0 Å². The highest BCUT2D eigenvalue weighted by atomic mass is 19.3. The summed E-state index contributed by atoms with van der Waals surface area (Å²) in [6.07, 6.45) is -0.579. The minimum Gasteiger partial charge on any atom is -0.495 e. The molecule has 1 N–H and O–H groups in total. The Morgan fingerprint density at radius 2 is 1.77 bits per heavy atom. The number of alkyl halides is 2. The van der Waals surface area contributed by atoms with Gasteiger partial charge in [-0.2, -0.15) is 0 Å². The van der Waals surface area contributed by atoms with E-state index in [1.807, 2.05) is 20.8 Å². The van der Waals surface area contributed by atoms with E-state index in [1.54, 1.807) is 70.5 Å². The van der Waals surface area contributed by atoms with E-state index in [0.29, 0.717) is 23.1 Å². The Morgan fingerprint density at radius 1 is 1.06 bits per heavy atom. The van der Waals surface area contributed by atoms with Crippen molar-refractivity contribution < 1.29 is 36.7 Å². The average Bonchev–Trinajstić information content (AvgIpc) is 3.47. The zero-order valence-corrected chi connectivity index (χ0v) is 27.2. The van der Waals surface area contributed by atoms with Crippen LogP contribution in [0.5, 0.6) is 5.75 Å². The van der Waals surface area contributed by atoms with Crippen molar-refractivity contribution in [3.63, 3.8) is 0 Å². The molecule has 0 radical (unpaired) electrons. The first-order chi connectivity index (χ1) is 21.9. The smallest absolute Gasteiger partial charge is 0.408 e. The number of benzene rings is 2. The first kappa shape index (κ1) is 33.4. The molecule has 2 aromatic carbocycles. The van der Waals surface area contributed by atoms with Gasteiger partial charge in [0.05, 0.1) is 36.8 Å². The Labute approximate surface area is 270 Å². The number of pyridine rings is 1. The molecule has 1 aliphatic heterocycles. The van der Waals surface area contributed by atoms with Gasteiger partial charge in [-0.1, -0.05) is 45.0 Å². The van der Waals surface area contributed by atoms with Gasteiger partial charge >= 0.3 is 6.09 Å². The number of anilines is 1. The monoisotopic (exact) mass is 651 g/mol. The zero-order chi connectivity index (χ0) is 34.3. The van der Waals surface area contributed by atoms with Crippen LogP contribution in [0.15, 0.2) is 59.1 Å². The molecular formula is C34H36F3N5O5. The van der Waals surface area contributed by atoms with E-state index in [0.717, 1.165) is 16.5 Å². The quantitative estimate of drug-likeness (QED) is 0.233. The van der Waals surface area contributed by atoms with Crippen LogP contribution in [0.1, 0.15) is 65.0 Å². The van der Waals surface area contributed by atoms with Crippen molar-refractivity contribution in [1.82, 2.24) is 20.5 Å². The van der Waals surface area contributed by atoms with Crippen LogP contribution >= 0.6 is 0 Å². The Kier molecular flexibility index (Phi) is 8.78. The number of amides is 2. The van der Waals surface area contributed by atoms with Gasteiger partial charge in [-0.25, -0.2) is 18.0 Å². The third-order valence-electron chi connectivity index (χ3n) is 7.35. The fourth-order valence-electron chi connectivity index (χ4n) is 5.00. The van der Waals surface area contributed by atoms with Gasteiger partial charge in [0.2, 0.25) is 11.8 Å². The molecule has 248 valence electrons. The van der Waals surface area contributed by atoms with Crippen LogP contribution in [0.25, 0.3) is 22.7 Å². The number of hydrogen-bond donors (Lipinski definition) is 1. The number of hydrogen-bond acceptors (Lipinski definition) is 8. The van der Waals surface area contributed by atoms with Crippen molar-refractivity contribution in [3.05, 3.63) is 77.6 Å². The molecule has 0 fully saturated rings. The molecule has 0 aliphatic carbocycles. The lowest BCUT2D eigenvalue weighted by atomic mass is 9.97. The molecule has 47 heavy (non-hydrogen) atoms. The molecule has 0 spiro atoms. The van der Waals surface area contributed by atoms with Crippen molar-refractivity contribution in [2.24, 2.45) is 0 Å². The maximum absolute atomic E-state index is 15.9. The summed E-state index contributed by atoms with van der Waals surface area (Å²) in [5.41, 5.74) is -0.735. The van der Waals surface area contributed by atoms with Crippen molar-refractivity contribution in [2.45, 2.75) is 77.5 Å². The van der Waals surface area contributed by atoms with Gasteiger partial charge in [0.15, 0.2) is 0 Å². The minimum absolute atomic E-state index is 0.188. The number of rotatable bonds is 6. The van der Waals surface area contributed by atoms with E-state index in [2.05, 4.69) is 20.5 Å². The summed E-state index contributed by atoms with van der Waals surface area (Å²) in [6.45, 7) is 10.1. The van der Waals surface area contributed by atoms with E-state index in [9.17, 15) is 9.59 Å². The fourth-order valence-corrected chi connectivity index (χ4v) is 5.00. The Hall–Kier alpha value is -4.94. The van der Waals surface area contributed by atoms with Gasteiger partial charge in [0.25, 0.3) is 11.8 Å². The van der Waals surface area contributed by atoms with E-state index in [1.165, 1.54) is 0 Å². The van der Waals surface area contributed by atoms with Crippen LogP contribution < -0.4 is 15.0 Å². The lowest BCUT2D eigenvalue weighted by Crippen LogP contribution is -2.49. The van der Waals surface area contributed by atoms with E-state index >= 15 is 13.2 Å². The van der Waals surface area contributed by atoms with Crippen molar-refractivity contribution in [1.29, 1.82) is 0 Å². The van der Waals surface area contributed by atoms with Crippen LogP contribution in [-0.2, 0) is 27.4 Å². The molecule has 10 nitrogen and oxygen atoms in total. The van der Waals surface area contributed by atoms with Crippen LogP contribution in [0.2, 0.25) is 0 Å². The second-order valence-corrected chi connectivity index (χ2v) is 13.3. The summed E-state index contributed by atoms with van der Waals surface area (Å²) >= 11 is 0. The molecule has 0 saturated heterocycles. The van der Waals surface area contributed by atoms with Crippen molar-refractivity contribution in [2.75, 3.05) is 12.0 Å². The van der Waals surface area contributed by atoms with Gasteiger partial charge in [-0.05, 0) is 50.6 Å². The summed E-state index contributed by atoms with van der Waals surface area (Å²) in [6, 6.07) is 10.7. The highest BCUT2D eigenvalue weighted by Gasteiger charge is 2.47. The maximum Gasteiger partial charge on any atom is 0.408 e. The first-order valence-electron chi connectivity index (χ1n) is 14.9. The third-order valence-corrected chi connectivity index (χ3v) is 7.35. The number of ether oxygens (including phenoxy) is 2. The lowest BCUT2D eigenvalue weighted by Gasteiger charge is -2.27. The number of carbonyl (C=O) groups is 2. The summed E-state index contributed by atoms with van der Waals surface area (Å²) in [5, 5.41) is 10.3. The maximum atomic E-state index is 15.9. The molecule has 3 heterocycles. The lowest BCUT2D eigenvalue weighted by molar-refractivity contribution is -0.123. The molecule has 1 atom stereocenters. The van der Waals surface area contributed by atoms with Gasteiger partial charge in [-0.15, -0.1) is 10.2 Å². The molecule has 1 unspecified atom stereocenters. The molecule has 2 aromatic heterocycles. The summed E-state index contributed by atoms with van der Waals surface area (Å²) in [5.74, 6) is -5.01. The zero-order valence-electron chi connectivity index (χ0n) is 27.2. The SMILES string of the molecule is COc1ccc(-c2ccc(CN3C(=O)C(NC(=O)OC(C)(C)C)CC(F)(F)c4cc(F)c(-c5nnc(C(C)(C)C)o5)cc43)cc2)nc1. The second kappa shape index (κ2) is 12.3. The molecule has 0 bridgehead atoms. The molecule has 4 aromatic rings. The first-order valence-corrected chi connectivity index (χ1v) is 14.9. The third kappa shape index (κ3) is 7.39. The summed E-state index contributed by atoms with van der Waals surface area (Å²) in [4.78, 5) is 32.2. The van der Waals surface area contributed by atoms with Gasteiger partial charge < -0.3 is 24.1 Å². The van der Waals surface area contributed by atoms with Gasteiger partial charge in [0, 0.05) is 23.0 Å². The Balaban J connectivity index is 1.57. The molecular weight excluding hydrogens is 615 g/mol. The summed E-state index contributed by atoms with van der Waals surface area (Å²) in [7, 11) is 1.54. The number of methoxy groups -OCH3 is 1. The van der Waals surface area contributed by atoms with Crippen LogP contribution in [-0.4, -0.2) is 45.9 Å². The highest BCUT2D eigenvalue weighted by Crippen LogP contribution is 2.45. The molecule has 13 heteroatoms. The Bertz CT molecular complexity index is 1780. The average molecular weight is 652 g/mol. The van der Waals surface area contributed by atoms with Crippen LogP contribution in [0, 0.1) is 5.82 Å². The van der Waals surface area contributed by atoms with Gasteiger partial charge in [-0.3, -0.25) is 9.78 Å². The number of fused-ring (bicyclic) bond motifs is 1. The van der Waals surface area contributed by atoms with Gasteiger partial charge in [0.1, 0.15) is 23.2 Å². The number of aromatic nitrogens is 3. The molecule has 1 aliphatic rings. The predicted octanol–water partition coefficient (Wildman–Crippen LogP) is 7.17. The van der Waals surface area contributed by atoms with E-state index in [-0.39, 0.29) is 29.6 Å². The number of halogens is 3. The number of carbonyl (C=O) groups excluding carboxylic acids is 2. The topological polar surface area (TPSA) is 120 Å². The standard InChI is InChI=1S/C34H36F3N5O5/c1-32(2,3)30-41-40-28(46-30)22-14-27-23(15-24(22)35)34(36,37)16-26(39-31(44)47-33(4,5)6)29(43)42(27)18-19-8-10-20(11-9-19)25-13-12-21(45-7)17-38-25/h8-15,17,26H,16,18H2,1-7H3,(H,39,44). The number of nitrogens with zero attached hydrogens (tertiary/aromatic N) is 4. The molecule has 2 amide bonds. The molecule has 5 rings (SSSR count). The fraction of sp³-hybridized carbons (Fsp3) is 0.382. The van der Waals surface area contributed by atoms with E-state index < -0.39 is 52.8 Å². The van der Waals surface area contributed by atoms with E-state index in [4.69, 9.17) is 13.9 Å². The Morgan fingerprint density at radius 3 is 2.34 bits per heavy atom. The normalized spacial score (nSPS) is 16.3. The molecule has 0 saturated carbocycles. The number of nitrogens with one attached hydrogen (secondary N) is 1. The van der Waals surface area contributed by atoms with Crippen molar-refractivity contribution >= 4 is 17.7 Å². The predicted molar refractivity (Wildman–Crippen MR) is 167 cm³/mol. The minimum atomic E-state index is -3.73. The van der Waals surface area contributed by atoms with Crippen LogP contribution in [0.4, 0.5) is 23.7 Å². The van der Waals surface area contributed by atoms with Crippen molar-refractivity contribution in [3.8, 4) is 28.5 Å². The highest BCUT2D eigenvalue weighted by molar-refractivity contribution is 6.01.